The molecule has 17 heavy (non-hydrogen) atoms. The zero-order valence-electron chi connectivity index (χ0n) is 10.8. The average molecular weight is 235 g/mol. The molecule has 0 bridgehead atoms. The monoisotopic (exact) mass is 235 g/mol. The van der Waals surface area contributed by atoms with Crippen LogP contribution in [-0.2, 0) is 9.47 Å². The van der Waals surface area contributed by atoms with Crippen molar-refractivity contribution in [3.63, 3.8) is 0 Å². The van der Waals surface area contributed by atoms with Crippen LogP contribution in [-0.4, -0.2) is 38.5 Å². The molecular formula is C14H21NO2. The maximum absolute atomic E-state index is 5.59. The van der Waals surface area contributed by atoms with E-state index >= 15 is 0 Å². The lowest BCUT2D eigenvalue weighted by atomic mass is 9.93. The van der Waals surface area contributed by atoms with Crippen LogP contribution >= 0.6 is 0 Å². The van der Waals surface area contributed by atoms with Crippen molar-refractivity contribution in [3.8, 4) is 0 Å². The van der Waals surface area contributed by atoms with Crippen molar-refractivity contribution >= 4 is 0 Å². The molecule has 0 aromatic heterocycles. The van der Waals surface area contributed by atoms with Gasteiger partial charge in [0.05, 0.1) is 13.2 Å². The molecule has 0 N–H and O–H groups in total. The summed E-state index contributed by atoms with van der Waals surface area (Å²) in [5.41, 5.74) is 1.32. The van der Waals surface area contributed by atoms with Gasteiger partial charge in [-0.05, 0) is 26.6 Å². The smallest absolute Gasteiger partial charge is 0.154 e. The summed E-state index contributed by atoms with van der Waals surface area (Å²) in [6, 6.07) is 10.9. The molecule has 0 amide bonds. The standard InChI is InChI=1S/C14H21NO2/c1-11-16-9-13(10-17-11)14(15(2)3)12-7-5-4-6-8-12/h4-8,11,13-14H,9-10H2,1-3H3/t11?,13?,14-/m0/s1. The van der Waals surface area contributed by atoms with Gasteiger partial charge in [0, 0.05) is 12.0 Å². The fourth-order valence-electron chi connectivity index (χ4n) is 2.44. The Bertz CT molecular complexity index is 331. The number of rotatable bonds is 3. The second-order valence-electron chi connectivity index (χ2n) is 4.81. The summed E-state index contributed by atoms with van der Waals surface area (Å²) in [5.74, 6) is 0.392. The van der Waals surface area contributed by atoms with Gasteiger partial charge in [0.1, 0.15) is 0 Å². The first-order valence-electron chi connectivity index (χ1n) is 6.13. The van der Waals surface area contributed by atoms with E-state index in [1.54, 1.807) is 0 Å². The highest BCUT2D eigenvalue weighted by atomic mass is 16.7. The molecule has 1 saturated heterocycles. The number of nitrogens with zero attached hydrogens (tertiary/aromatic N) is 1. The molecule has 1 aromatic rings. The highest BCUT2D eigenvalue weighted by Gasteiger charge is 2.29. The summed E-state index contributed by atoms with van der Waals surface area (Å²) >= 11 is 0. The molecule has 1 aliphatic heterocycles. The van der Waals surface area contributed by atoms with Gasteiger partial charge in [-0.3, -0.25) is 0 Å². The van der Waals surface area contributed by atoms with Crippen molar-refractivity contribution in [2.24, 2.45) is 5.92 Å². The normalized spacial score (nSPS) is 27.1. The third-order valence-electron chi connectivity index (χ3n) is 3.23. The summed E-state index contributed by atoms with van der Waals surface area (Å²) in [5, 5.41) is 0. The first-order valence-corrected chi connectivity index (χ1v) is 6.13. The third-order valence-corrected chi connectivity index (χ3v) is 3.23. The SMILES string of the molecule is CC1OCC([C@H](c2ccccc2)N(C)C)CO1. The molecule has 3 heteroatoms. The maximum Gasteiger partial charge on any atom is 0.154 e. The van der Waals surface area contributed by atoms with E-state index in [1.165, 1.54) is 5.56 Å². The summed E-state index contributed by atoms with van der Waals surface area (Å²) in [6.07, 6.45) is -0.0650. The van der Waals surface area contributed by atoms with Crippen LogP contribution in [0.2, 0.25) is 0 Å². The second kappa shape index (κ2) is 5.63. The number of hydrogen-bond donors (Lipinski definition) is 0. The number of benzene rings is 1. The van der Waals surface area contributed by atoms with E-state index in [0.29, 0.717) is 12.0 Å². The van der Waals surface area contributed by atoms with Crippen LogP contribution in [0.25, 0.3) is 0 Å². The first kappa shape index (κ1) is 12.6. The largest absolute Gasteiger partial charge is 0.353 e. The van der Waals surface area contributed by atoms with Crippen LogP contribution in [0.15, 0.2) is 30.3 Å². The summed E-state index contributed by atoms with van der Waals surface area (Å²) < 4.78 is 11.2. The molecule has 1 heterocycles. The minimum Gasteiger partial charge on any atom is -0.353 e. The molecule has 0 saturated carbocycles. The molecule has 0 unspecified atom stereocenters. The summed E-state index contributed by atoms with van der Waals surface area (Å²) in [7, 11) is 4.21. The molecule has 2 rings (SSSR count). The van der Waals surface area contributed by atoms with Gasteiger partial charge in [0.15, 0.2) is 6.29 Å². The Morgan fingerprint density at radius 1 is 1.12 bits per heavy atom. The van der Waals surface area contributed by atoms with Gasteiger partial charge in [-0.2, -0.15) is 0 Å². The highest BCUT2D eigenvalue weighted by Crippen LogP contribution is 2.29. The molecule has 1 atom stereocenters. The zero-order valence-corrected chi connectivity index (χ0v) is 10.8. The molecule has 0 spiro atoms. The predicted molar refractivity (Wildman–Crippen MR) is 67.7 cm³/mol. The highest BCUT2D eigenvalue weighted by molar-refractivity contribution is 5.19. The van der Waals surface area contributed by atoms with E-state index < -0.39 is 0 Å². The molecule has 0 aliphatic carbocycles. The van der Waals surface area contributed by atoms with Crippen molar-refractivity contribution in [1.82, 2.24) is 4.90 Å². The minimum atomic E-state index is -0.0650. The van der Waals surface area contributed by atoms with E-state index in [0.717, 1.165) is 13.2 Å². The maximum atomic E-state index is 5.59. The average Bonchev–Trinajstić information content (AvgIpc) is 2.33. The van der Waals surface area contributed by atoms with Gasteiger partial charge < -0.3 is 14.4 Å². The Morgan fingerprint density at radius 3 is 2.24 bits per heavy atom. The van der Waals surface area contributed by atoms with Crippen LogP contribution in [0.3, 0.4) is 0 Å². The van der Waals surface area contributed by atoms with Crippen molar-refractivity contribution in [1.29, 1.82) is 0 Å². The number of hydrogen-bond acceptors (Lipinski definition) is 3. The Kier molecular flexibility index (Phi) is 4.15. The van der Waals surface area contributed by atoms with E-state index in [1.807, 2.05) is 13.0 Å². The lowest BCUT2D eigenvalue weighted by Crippen LogP contribution is -2.38. The van der Waals surface area contributed by atoms with Gasteiger partial charge in [-0.1, -0.05) is 30.3 Å². The van der Waals surface area contributed by atoms with Gasteiger partial charge in [-0.15, -0.1) is 0 Å². The van der Waals surface area contributed by atoms with Gasteiger partial charge in [0.25, 0.3) is 0 Å². The Labute approximate surface area is 103 Å². The summed E-state index contributed by atoms with van der Waals surface area (Å²) in [4.78, 5) is 2.24. The fraction of sp³-hybridized carbons (Fsp3) is 0.571. The lowest BCUT2D eigenvalue weighted by molar-refractivity contribution is -0.199. The van der Waals surface area contributed by atoms with Crippen molar-refractivity contribution in [2.75, 3.05) is 27.3 Å². The first-order chi connectivity index (χ1) is 8.18. The Morgan fingerprint density at radius 2 is 1.71 bits per heavy atom. The molecule has 1 aliphatic rings. The molecule has 0 radical (unpaired) electrons. The van der Waals surface area contributed by atoms with Crippen LogP contribution in [0, 0.1) is 5.92 Å². The molecule has 1 fully saturated rings. The van der Waals surface area contributed by atoms with Crippen LogP contribution in [0.5, 0.6) is 0 Å². The van der Waals surface area contributed by atoms with E-state index in [9.17, 15) is 0 Å². The second-order valence-corrected chi connectivity index (χ2v) is 4.81. The van der Waals surface area contributed by atoms with Crippen LogP contribution in [0.1, 0.15) is 18.5 Å². The lowest BCUT2D eigenvalue weighted by Gasteiger charge is -2.36. The molecule has 1 aromatic carbocycles. The fourth-order valence-corrected chi connectivity index (χ4v) is 2.44. The van der Waals surface area contributed by atoms with Gasteiger partial charge in [0.2, 0.25) is 0 Å². The molecule has 94 valence electrons. The van der Waals surface area contributed by atoms with E-state index in [-0.39, 0.29) is 6.29 Å². The topological polar surface area (TPSA) is 21.7 Å². The number of ether oxygens (including phenoxy) is 2. The van der Waals surface area contributed by atoms with Gasteiger partial charge >= 0.3 is 0 Å². The van der Waals surface area contributed by atoms with Gasteiger partial charge in [-0.25, -0.2) is 0 Å². The van der Waals surface area contributed by atoms with E-state index in [4.69, 9.17) is 9.47 Å². The Balaban J connectivity index is 2.13. The van der Waals surface area contributed by atoms with Crippen molar-refractivity contribution in [2.45, 2.75) is 19.3 Å². The Hall–Kier alpha value is -0.900. The third kappa shape index (κ3) is 3.06. The van der Waals surface area contributed by atoms with Crippen molar-refractivity contribution in [3.05, 3.63) is 35.9 Å². The minimum absolute atomic E-state index is 0.0650. The summed E-state index contributed by atoms with van der Waals surface area (Å²) in [6.45, 7) is 3.47. The molecule has 3 nitrogen and oxygen atoms in total. The zero-order chi connectivity index (χ0) is 12.3. The molecular weight excluding hydrogens is 214 g/mol. The van der Waals surface area contributed by atoms with Crippen LogP contribution in [0.4, 0.5) is 0 Å². The quantitative estimate of drug-likeness (QED) is 0.802. The van der Waals surface area contributed by atoms with Crippen molar-refractivity contribution < 1.29 is 9.47 Å². The van der Waals surface area contributed by atoms with Crippen LogP contribution < -0.4 is 0 Å². The van der Waals surface area contributed by atoms with E-state index in [2.05, 4.69) is 43.3 Å². The predicted octanol–water partition coefficient (Wildman–Crippen LogP) is 2.30.